The van der Waals surface area contributed by atoms with Gasteiger partial charge in [0.25, 0.3) is 10.0 Å². The summed E-state index contributed by atoms with van der Waals surface area (Å²) in [5, 5.41) is 0. The van der Waals surface area contributed by atoms with Crippen LogP contribution >= 0.6 is 0 Å². The Hall–Kier alpha value is -2.43. The summed E-state index contributed by atoms with van der Waals surface area (Å²) in [6.07, 6.45) is 1.25. The van der Waals surface area contributed by atoms with Gasteiger partial charge in [0.1, 0.15) is 0 Å². The normalized spacial score (nSPS) is 16.4. The van der Waals surface area contributed by atoms with E-state index in [0.29, 0.717) is 19.4 Å². The lowest BCUT2D eigenvalue weighted by molar-refractivity contribution is -0.116. The van der Waals surface area contributed by atoms with Gasteiger partial charge in [-0.1, -0.05) is 6.92 Å². The zero-order valence-electron chi connectivity index (χ0n) is 17.0. The van der Waals surface area contributed by atoms with Crippen molar-refractivity contribution in [1.82, 2.24) is 4.72 Å². The summed E-state index contributed by atoms with van der Waals surface area (Å²) in [7, 11) is -7.49. The molecule has 0 saturated heterocycles. The minimum absolute atomic E-state index is 0.0285. The molecule has 10 heteroatoms. The Balaban J connectivity index is 1.81. The standard InChI is InChI=1S/C20H25N3O5S2/c1-4-11-21-29(25,26)18-7-5-17(6-8-18)22-30(27,28)19-9-10-20-16(13-19)12-14(2)23(20)15(3)24/h5-10,13-14,21-22H,4,11-12H2,1-3H3. The fourth-order valence-corrected chi connectivity index (χ4v) is 5.73. The summed E-state index contributed by atoms with van der Waals surface area (Å²) in [5.74, 6) is -0.0848. The number of benzene rings is 2. The van der Waals surface area contributed by atoms with Gasteiger partial charge < -0.3 is 4.90 Å². The summed E-state index contributed by atoms with van der Waals surface area (Å²) in [6.45, 7) is 5.59. The number of fused-ring (bicyclic) bond motifs is 1. The third-order valence-corrected chi connectivity index (χ3v) is 7.73. The van der Waals surface area contributed by atoms with Crippen LogP contribution in [-0.4, -0.2) is 35.3 Å². The smallest absolute Gasteiger partial charge is 0.261 e. The molecule has 0 bridgehead atoms. The van der Waals surface area contributed by atoms with Crippen LogP contribution in [0.25, 0.3) is 0 Å². The number of anilines is 2. The van der Waals surface area contributed by atoms with E-state index in [4.69, 9.17) is 0 Å². The minimum Gasteiger partial charge on any atom is -0.309 e. The number of hydrogen-bond acceptors (Lipinski definition) is 5. The van der Waals surface area contributed by atoms with E-state index in [9.17, 15) is 21.6 Å². The highest BCUT2D eigenvalue weighted by atomic mass is 32.2. The summed E-state index contributed by atoms with van der Waals surface area (Å²) in [6, 6.07) is 10.2. The first-order chi connectivity index (χ1) is 14.0. The molecule has 2 N–H and O–H groups in total. The van der Waals surface area contributed by atoms with Gasteiger partial charge in [-0.25, -0.2) is 21.6 Å². The quantitative estimate of drug-likeness (QED) is 0.672. The third kappa shape index (κ3) is 4.50. The molecule has 1 atom stereocenters. The van der Waals surface area contributed by atoms with Crippen LogP contribution in [0.2, 0.25) is 0 Å². The highest BCUT2D eigenvalue weighted by Crippen LogP contribution is 2.34. The molecule has 1 unspecified atom stereocenters. The Bertz CT molecular complexity index is 1160. The van der Waals surface area contributed by atoms with Gasteiger partial charge in [-0.05, 0) is 67.8 Å². The number of hydrogen-bond donors (Lipinski definition) is 2. The molecule has 30 heavy (non-hydrogen) atoms. The molecule has 2 aromatic rings. The maximum atomic E-state index is 12.8. The Morgan fingerprint density at radius 3 is 2.27 bits per heavy atom. The molecule has 0 aliphatic carbocycles. The predicted octanol–water partition coefficient (Wildman–Crippen LogP) is 2.47. The predicted molar refractivity (Wildman–Crippen MR) is 115 cm³/mol. The SMILES string of the molecule is CCCNS(=O)(=O)c1ccc(NS(=O)(=O)c2ccc3c(c2)CC(C)N3C(C)=O)cc1. The highest BCUT2D eigenvalue weighted by Gasteiger charge is 2.30. The van der Waals surface area contributed by atoms with Crippen molar-refractivity contribution < 1.29 is 21.6 Å². The van der Waals surface area contributed by atoms with E-state index in [1.165, 1.54) is 37.3 Å². The fourth-order valence-electron chi connectivity index (χ4n) is 3.49. The van der Waals surface area contributed by atoms with Gasteiger partial charge >= 0.3 is 0 Å². The van der Waals surface area contributed by atoms with Crippen molar-refractivity contribution in [2.75, 3.05) is 16.2 Å². The van der Waals surface area contributed by atoms with Crippen molar-refractivity contribution in [3.8, 4) is 0 Å². The molecule has 1 heterocycles. The molecule has 2 aromatic carbocycles. The lowest BCUT2D eigenvalue weighted by Gasteiger charge is -2.20. The Morgan fingerprint density at radius 1 is 1.03 bits per heavy atom. The second-order valence-corrected chi connectivity index (χ2v) is 10.7. The van der Waals surface area contributed by atoms with Gasteiger partial charge in [-0.15, -0.1) is 0 Å². The molecule has 0 spiro atoms. The average Bonchev–Trinajstić information content (AvgIpc) is 3.01. The first kappa shape index (κ1) is 22.3. The molecule has 0 saturated carbocycles. The lowest BCUT2D eigenvalue weighted by atomic mass is 10.1. The van der Waals surface area contributed by atoms with E-state index in [-0.39, 0.29) is 27.4 Å². The van der Waals surface area contributed by atoms with Crippen LogP contribution in [0.5, 0.6) is 0 Å². The fraction of sp³-hybridized carbons (Fsp3) is 0.350. The van der Waals surface area contributed by atoms with Crippen molar-refractivity contribution in [2.24, 2.45) is 0 Å². The van der Waals surface area contributed by atoms with Gasteiger partial charge in [0.05, 0.1) is 9.79 Å². The van der Waals surface area contributed by atoms with Gasteiger partial charge in [-0.2, -0.15) is 0 Å². The molecule has 1 aliphatic rings. The van der Waals surface area contributed by atoms with Crippen LogP contribution in [0.4, 0.5) is 11.4 Å². The second-order valence-electron chi connectivity index (χ2n) is 7.26. The van der Waals surface area contributed by atoms with Crippen LogP contribution < -0.4 is 14.3 Å². The number of carbonyl (C=O) groups is 1. The molecule has 8 nitrogen and oxygen atoms in total. The monoisotopic (exact) mass is 451 g/mol. The summed E-state index contributed by atoms with van der Waals surface area (Å²) in [4.78, 5) is 13.7. The molecule has 3 rings (SSSR count). The Kier molecular flexibility index (Phi) is 6.21. The van der Waals surface area contributed by atoms with Crippen molar-refractivity contribution in [3.63, 3.8) is 0 Å². The number of nitrogens with zero attached hydrogens (tertiary/aromatic N) is 1. The van der Waals surface area contributed by atoms with E-state index < -0.39 is 20.0 Å². The number of nitrogens with one attached hydrogen (secondary N) is 2. The first-order valence-corrected chi connectivity index (χ1v) is 12.6. The summed E-state index contributed by atoms with van der Waals surface area (Å²) >= 11 is 0. The molecule has 1 aliphatic heterocycles. The second kappa shape index (κ2) is 8.37. The van der Waals surface area contributed by atoms with Crippen LogP contribution in [-0.2, 0) is 31.3 Å². The maximum absolute atomic E-state index is 12.8. The number of carbonyl (C=O) groups excluding carboxylic acids is 1. The molecular formula is C20H25N3O5S2. The summed E-state index contributed by atoms with van der Waals surface area (Å²) in [5.41, 5.74) is 1.77. The molecule has 1 amide bonds. The topological polar surface area (TPSA) is 113 Å². The van der Waals surface area contributed by atoms with Crippen molar-refractivity contribution in [3.05, 3.63) is 48.0 Å². The molecule has 0 radical (unpaired) electrons. The van der Waals surface area contributed by atoms with Crippen LogP contribution in [0.15, 0.2) is 52.3 Å². The lowest BCUT2D eigenvalue weighted by Crippen LogP contribution is -2.33. The zero-order valence-corrected chi connectivity index (χ0v) is 18.7. The largest absolute Gasteiger partial charge is 0.309 e. The zero-order chi connectivity index (χ0) is 22.1. The van der Waals surface area contributed by atoms with E-state index in [1.807, 2.05) is 13.8 Å². The molecule has 0 aromatic heterocycles. The van der Waals surface area contributed by atoms with Crippen molar-refractivity contribution >= 4 is 37.3 Å². The molecule has 162 valence electrons. The van der Waals surface area contributed by atoms with Crippen molar-refractivity contribution in [2.45, 2.75) is 49.4 Å². The van der Waals surface area contributed by atoms with E-state index in [2.05, 4.69) is 9.44 Å². The highest BCUT2D eigenvalue weighted by molar-refractivity contribution is 7.92. The maximum Gasteiger partial charge on any atom is 0.261 e. The van der Waals surface area contributed by atoms with Gasteiger partial charge in [0.15, 0.2) is 0 Å². The number of sulfonamides is 2. The third-order valence-electron chi connectivity index (χ3n) is 4.88. The minimum atomic E-state index is -3.87. The van der Waals surface area contributed by atoms with Gasteiger partial charge in [0.2, 0.25) is 15.9 Å². The van der Waals surface area contributed by atoms with Crippen LogP contribution in [0.3, 0.4) is 0 Å². The number of amides is 1. The Morgan fingerprint density at radius 2 is 1.67 bits per heavy atom. The summed E-state index contributed by atoms with van der Waals surface area (Å²) < 4.78 is 54.8. The van der Waals surface area contributed by atoms with E-state index in [0.717, 1.165) is 11.3 Å². The Labute approximate surface area is 177 Å². The van der Waals surface area contributed by atoms with Gasteiger partial charge in [0, 0.05) is 30.9 Å². The van der Waals surface area contributed by atoms with Crippen LogP contribution in [0, 0.1) is 0 Å². The van der Waals surface area contributed by atoms with Crippen LogP contribution in [0.1, 0.15) is 32.8 Å². The number of rotatable bonds is 7. The first-order valence-electron chi connectivity index (χ1n) is 9.60. The molecular weight excluding hydrogens is 426 g/mol. The van der Waals surface area contributed by atoms with Crippen molar-refractivity contribution in [1.29, 1.82) is 0 Å². The van der Waals surface area contributed by atoms with Gasteiger partial charge in [-0.3, -0.25) is 9.52 Å². The van der Waals surface area contributed by atoms with E-state index in [1.54, 1.807) is 17.0 Å². The molecule has 0 fully saturated rings. The average molecular weight is 452 g/mol. The van der Waals surface area contributed by atoms with E-state index >= 15 is 0 Å².